The molecule has 22 heavy (non-hydrogen) atoms. The van der Waals surface area contributed by atoms with Gasteiger partial charge in [-0.15, -0.1) is 0 Å². The smallest absolute Gasteiger partial charge is 0.303 e. The molecule has 6 nitrogen and oxygen atoms in total. The summed E-state index contributed by atoms with van der Waals surface area (Å²) in [6, 6.07) is 2.37. The van der Waals surface area contributed by atoms with Gasteiger partial charge in [0.1, 0.15) is 11.6 Å². The van der Waals surface area contributed by atoms with Gasteiger partial charge in [0.15, 0.2) is 0 Å². The van der Waals surface area contributed by atoms with Crippen LogP contribution in [0.2, 0.25) is 0 Å². The number of aromatic nitrogens is 1. The number of hydrogen-bond donors (Lipinski definition) is 1. The quantitative estimate of drug-likeness (QED) is 0.866. The van der Waals surface area contributed by atoms with Crippen LogP contribution < -0.4 is 9.80 Å². The molecule has 0 radical (unpaired) electrons. The van der Waals surface area contributed by atoms with Crippen molar-refractivity contribution in [3.05, 3.63) is 23.0 Å². The first kappa shape index (κ1) is 14.6. The highest BCUT2D eigenvalue weighted by Gasteiger charge is 2.32. The van der Waals surface area contributed by atoms with Crippen LogP contribution >= 0.6 is 0 Å². The molecular weight excluding hydrogens is 280 g/mol. The van der Waals surface area contributed by atoms with Gasteiger partial charge in [-0.25, -0.2) is 9.83 Å². The lowest BCUT2D eigenvalue weighted by Gasteiger charge is -2.43. The van der Waals surface area contributed by atoms with E-state index in [-0.39, 0.29) is 12.3 Å². The summed E-state index contributed by atoms with van der Waals surface area (Å²) in [5, 5.41) is 8.83. The van der Waals surface area contributed by atoms with E-state index in [0.717, 1.165) is 43.3 Å². The second-order valence-corrected chi connectivity index (χ2v) is 6.28. The maximum atomic E-state index is 10.7. The second kappa shape index (κ2) is 5.48. The highest BCUT2D eigenvalue weighted by Crippen LogP contribution is 2.38. The molecule has 0 aromatic carbocycles. The van der Waals surface area contributed by atoms with E-state index in [1.165, 1.54) is 0 Å². The van der Waals surface area contributed by atoms with Crippen molar-refractivity contribution in [3.8, 4) is 0 Å². The highest BCUT2D eigenvalue weighted by atomic mass is 16.4. The maximum absolute atomic E-state index is 10.7. The Kier molecular flexibility index (Phi) is 3.65. The van der Waals surface area contributed by atoms with Gasteiger partial charge in [-0.05, 0) is 31.9 Å². The summed E-state index contributed by atoms with van der Waals surface area (Å²) in [6.07, 6.45) is 1.35. The van der Waals surface area contributed by atoms with Crippen molar-refractivity contribution in [3.63, 3.8) is 0 Å². The number of anilines is 2. The Labute approximate surface area is 130 Å². The molecule has 2 aliphatic heterocycles. The Morgan fingerprint density at radius 2 is 2.27 bits per heavy atom. The van der Waals surface area contributed by atoms with Crippen molar-refractivity contribution in [2.75, 3.05) is 29.4 Å². The molecular formula is C16H20N4O2. The fourth-order valence-corrected chi connectivity index (χ4v) is 3.10. The molecule has 0 unspecified atom stereocenters. The monoisotopic (exact) mass is 300 g/mol. The van der Waals surface area contributed by atoms with Crippen molar-refractivity contribution < 1.29 is 9.90 Å². The summed E-state index contributed by atoms with van der Waals surface area (Å²) in [5.74, 6) is 1.10. The Hall–Kier alpha value is -2.29. The number of aryl methyl sites for hydroxylation is 1. The van der Waals surface area contributed by atoms with Crippen molar-refractivity contribution in [2.45, 2.75) is 32.7 Å². The highest BCUT2D eigenvalue weighted by molar-refractivity contribution is 5.75. The molecule has 1 N–H and O–H groups in total. The molecule has 1 aromatic heterocycles. The van der Waals surface area contributed by atoms with E-state index in [4.69, 9.17) is 16.7 Å². The Morgan fingerprint density at radius 3 is 2.77 bits per heavy atom. The maximum Gasteiger partial charge on any atom is 0.303 e. The summed E-state index contributed by atoms with van der Waals surface area (Å²) < 4.78 is 0. The molecule has 0 aliphatic carbocycles. The first-order valence-electron chi connectivity index (χ1n) is 7.62. The third kappa shape index (κ3) is 2.47. The minimum Gasteiger partial charge on any atom is -0.481 e. The van der Waals surface area contributed by atoms with Crippen LogP contribution in [0.4, 0.5) is 17.3 Å². The number of carboxylic acids is 1. The van der Waals surface area contributed by atoms with Crippen LogP contribution in [0.3, 0.4) is 0 Å². The second-order valence-electron chi connectivity index (χ2n) is 6.28. The first-order valence-corrected chi connectivity index (χ1v) is 7.62. The van der Waals surface area contributed by atoms with E-state index in [1.807, 2.05) is 13.0 Å². The normalized spacial score (nSPS) is 21.0. The average Bonchev–Trinajstić information content (AvgIpc) is 2.40. The van der Waals surface area contributed by atoms with E-state index in [9.17, 15) is 4.79 Å². The van der Waals surface area contributed by atoms with Crippen LogP contribution in [0.15, 0.2) is 6.07 Å². The van der Waals surface area contributed by atoms with Crippen molar-refractivity contribution in [1.29, 1.82) is 0 Å². The molecule has 1 atom stereocenters. The van der Waals surface area contributed by atoms with Crippen molar-refractivity contribution >= 4 is 23.3 Å². The fourth-order valence-electron chi connectivity index (χ4n) is 3.10. The molecule has 116 valence electrons. The summed E-state index contributed by atoms with van der Waals surface area (Å²) in [4.78, 5) is 23.4. The van der Waals surface area contributed by atoms with Gasteiger partial charge in [-0.1, -0.05) is 0 Å². The number of carboxylic acid groups (broad SMARTS) is 1. The third-order valence-corrected chi connectivity index (χ3v) is 4.60. The predicted molar refractivity (Wildman–Crippen MR) is 84.6 cm³/mol. The van der Waals surface area contributed by atoms with E-state index in [0.29, 0.717) is 11.7 Å². The minimum atomic E-state index is -0.743. The summed E-state index contributed by atoms with van der Waals surface area (Å²) in [7, 11) is 0. The minimum absolute atomic E-state index is 0.200. The molecule has 3 rings (SSSR count). The van der Waals surface area contributed by atoms with Crippen LogP contribution in [0.5, 0.6) is 0 Å². The summed E-state index contributed by atoms with van der Waals surface area (Å²) in [6.45, 7) is 13.9. The molecule has 0 saturated carbocycles. The number of rotatable bonds is 4. The number of carbonyl (C=O) groups is 1. The molecule has 2 aliphatic rings. The van der Waals surface area contributed by atoms with Crippen LogP contribution in [0, 0.1) is 19.4 Å². The Morgan fingerprint density at radius 1 is 1.55 bits per heavy atom. The molecule has 0 bridgehead atoms. The van der Waals surface area contributed by atoms with Crippen LogP contribution in [-0.4, -0.2) is 41.7 Å². The standard InChI is InChI=1S/C16H20N4O2/c1-10-6-13(19-8-12(9-19)7-14(21)22)18-16(15(10)17-3)20-5-4-11(20)2/h6,11-12H,4-5,7-9H2,1-2H3,(H,21,22)/t11-/m1/s1. The van der Waals surface area contributed by atoms with Crippen molar-refractivity contribution in [1.82, 2.24) is 4.98 Å². The van der Waals surface area contributed by atoms with Gasteiger partial charge in [0, 0.05) is 31.6 Å². The van der Waals surface area contributed by atoms with E-state index in [1.54, 1.807) is 0 Å². The molecule has 0 amide bonds. The SMILES string of the molecule is [C-]#[N+]c1c(C)cc(N2CC(CC(=O)O)C2)nc1N1CC[C@H]1C. The van der Waals surface area contributed by atoms with Gasteiger partial charge in [-0.3, -0.25) is 4.79 Å². The first-order chi connectivity index (χ1) is 10.5. The fraction of sp³-hybridized carbons (Fsp3) is 0.562. The Bertz CT molecular complexity index is 646. The molecule has 1 aromatic rings. The van der Waals surface area contributed by atoms with E-state index >= 15 is 0 Å². The number of pyridine rings is 1. The number of aliphatic carboxylic acids is 1. The predicted octanol–water partition coefficient (Wildman–Crippen LogP) is 2.45. The average molecular weight is 300 g/mol. The van der Waals surface area contributed by atoms with Crippen LogP contribution in [0.1, 0.15) is 25.3 Å². The zero-order valence-corrected chi connectivity index (χ0v) is 12.9. The van der Waals surface area contributed by atoms with Gasteiger partial charge < -0.3 is 14.9 Å². The van der Waals surface area contributed by atoms with E-state index < -0.39 is 5.97 Å². The topological polar surface area (TPSA) is 61.0 Å². The molecule has 6 heteroatoms. The lowest BCUT2D eigenvalue weighted by atomic mass is 9.96. The number of hydrogen-bond acceptors (Lipinski definition) is 4. The molecule has 2 saturated heterocycles. The van der Waals surface area contributed by atoms with E-state index in [2.05, 4.69) is 21.6 Å². The third-order valence-electron chi connectivity index (χ3n) is 4.60. The molecule has 3 heterocycles. The molecule has 2 fully saturated rings. The van der Waals surface area contributed by atoms with Crippen molar-refractivity contribution in [2.24, 2.45) is 5.92 Å². The number of nitrogens with zero attached hydrogens (tertiary/aromatic N) is 4. The van der Waals surface area contributed by atoms with Gasteiger partial charge in [0.2, 0.25) is 5.69 Å². The Balaban J connectivity index is 1.82. The van der Waals surface area contributed by atoms with Gasteiger partial charge in [-0.2, -0.15) is 0 Å². The lowest BCUT2D eigenvalue weighted by Crippen LogP contribution is -2.49. The van der Waals surface area contributed by atoms with Gasteiger partial charge >= 0.3 is 5.97 Å². The summed E-state index contributed by atoms with van der Waals surface area (Å²) in [5.41, 5.74) is 1.58. The molecule has 0 spiro atoms. The van der Waals surface area contributed by atoms with Crippen LogP contribution in [-0.2, 0) is 4.79 Å². The van der Waals surface area contributed by atoms with Gasteiger partial charge in [0.05, 0.1) is 13.0 Å². The van der Waals surface area contributed by atoms with Gasteiger partial charge in [0.25, 0.3) is 0 Å². The van der Waals surface area contributed by atoms with Crippen LogP contribution in [0.25, 0.3) is 4.85 Å². The summed E-state index contributed by atoms with van der Waals surface area (Å²) >= 11 is 0. The zero-order valence-electron chi connectivity index (χ0n) is 12.9. The lowest BCUT2D eigenvalue weighted by molar-refractivity contribution is -0.138. The zero-order chi connectivity index (χ0) is 15.9. The largest absolute Gasteiger partial charge is 0.481 e.